The maximum atomic E-state index is 12.3. The van der Waals surface area contributed by atoms with Gasteiger partial charge in [0.1, 0.15) is 0 Å². The summed E-state index contributed by atoms with van der Waals surface area (Å²) in [6, 6.07) is 9.28. The fraction of sp³-hybridized carbons (Fsp3) is 0.462. The van der Waals surface area contributed by atoms with Crippen LogP contribution in [-0.4, -0.2) is 38.3 Å². The molecule has 1 amide bonds. The smallest absolute Gasteiger partial charge is 0.218 e. The fourth-order valence-electron chi connectivity index (χ4n) is 2.27. The lowest BCUT2D eigenvalue weighted by molar-refractivity contribution is -0.110. The van der Waals surface area contributed by atoms with Gasteiger partial charge in [0.05, 0.1) is 5.75 Å². The number of hydrogen-bond donors (Lipinski definition) is 1. The number of nitrogens with zero attached hydrogens (tertiary/aromatic N) is 1. The van der Waals surface area contributed by atoms with Gasteiger partial charge in [-0.3, -0.25) is 4.79 Å². The zero-order valence-corrected chi connectivity index (χ0v) is 11.5. The van der Waals surface area contributed by atoms with Crippen molar-refractivity contribution in [2.24, 2.45) is 0 Å². The number of amides is 1. The van der Waals surface area contributed by atoms with Gasteiger partial charge in [-0.25, -0.2) is 12.7 Å². The molecule has 6 heteroatoms. The van der Waals surface area contributed by atoms with E-state index in [0.717, 1.165) is 5.56 Å². The first kappa shape index (κ1) is 14.0. The van der Waals surface area contributed by atoms with Crippen molar-refractivity contribution in [3.05, 3.63) is 35.9 Å². The molecule has 1 fully saturated rings. The van der Waals surface area contributed by atoms with Crippen molar-refractivity contribution in [2.75, 3.05) is 13.1 Å². The highest BCUT2D eigenvalue weighted by atomic mass is 32.2. The molecule has 0 unspecified atom stereocenters. The van der Waals surface area contributed by atoms with E-state index in [0.29, 0.717) is 32.3 Å². The molecule has 0 saturated carbocycles. The lowest BCUT2D eigenvalue weighted by atomic mass is 10.1. The van der Waals surface area contributed by atoms with Gasteiger partial charge in [-0.05, 0) is 18.4 Å². The van der Waals surface area contributed by atoms with Crippen LogP contribution in [0.5, 0.6) is 0 Å². The monoisotopic (exact) mass is 282 g/mol. The molecule has 1 saturated heterocycles. The van der Waals surface area contributed by atoms with Crippen LogP contribution in [-0.2, 0) is 20.6 Å². The van der Waals surface area contributed by atoms with E-state index in [1.165, 1.54) is 4.31 Å². The number of benzene rings is 1. The highest BCUT2D eigenvalue weighted by Crippen LogP contribution is 2.17. The summed E-state index contributed by atoms with van der Waals surface area (Å²) in [6.45, 7) is 0.946. The maximum absolute atomic E-state index is 12.3. The normalized spacial score (nSPS) is 18.1. The Hall–Kier alpha value is -1.40. The Bertz CT molecular complexity index is 508. The summed E-state index contributed by atoms with van der Waals surface area (Å²) in [7, 11) is -3.26. The van der Waals surface area contributed by atoms with Crippen molar-refractivity contribution >= 4 is 16.4 Å². The summed E-state index contributed by atoms with van der Waals surface area (Å²) in [6.07, 6.45) is 2.03. The summed E-state index contributed by atoms with van der Waals surface area (Å²) < 4.78 is 26.0. The minimum Gasteiger partial charge on any atom is -0.356 e. The van der Waals surface area contributed by atoms with Gasteiger partial charge in [-0.15, -0.1) is 0 Å². The van der Waals surface area contributed by atoms with Crippen molar-refractivity contribution in [2.45, 2.75) is 24.6 Å². The van der Waals surface area contributed by atoms with Crippen LogP contribution < -0.4 is 5.32 Å². The lowest BCUT2D eigenvalue weighted by Crippen LogP contribution is -2.44. The Morgan fingerprint density at radius 3 is 2.42 bits per heavy atom. The minimum atomic E-state index is -3.26. The Balaban J connectivity index is 1.96. The summed E-state index contributed by atoms with van der Waals surface area (Å²) >= 11 is 0. The standard InChI is InChI=1S/C13H18N2O3S/c16-11-14-13-6-8-15(9-7-13)19(17,18)10-12-4-2-1-3-5-12/h1-5,11,13H,6-10H2,(H,14,16). The highest BCUT2D eigenvalue weighted by Gasteiger charge is 2.27. The summed E-state index contributed by atoms with van der Waals surface area (Å²) in [4.78, 5) is 10.3. The second-order valence-electron chi connectivity index (χ2n) is 4.70. The van der Waals surface area contributed by atoms with Crippen LogP contribution in [0, 0.1) is 0 Å². The van der Waals surface area contributed by atoms with Crippen LogP contribution >= 0.6 is 0 Å². The zero-order chi connectivity index (χ0) is 13.7. The molecule has 1 aliphatic rings. The molecule has 2 rings (SSSR count). The zero-order valence-electron chi connectivity index (χ0n) is 10.7. The SMILES string of the molecule is O=CNC1CCN(S(=O)(=O)Cc2ccccc2)CC1. The fourth-order valence-corrected chi connectivity index (χ4v) is 3.84. The number of sulfonamides is 1. The van der Waals surface area contributed by atoms with E-state index < -0.39 is 10.0 Å². The average Bonchev–Trinajstić information content (AvgIpc) is 2.40. The molecule has 0 bridgehead atoms. The third-order valence-corrected chi connectivity index (χ3v) is 5.19. The van der Waals surface area contributed by atoms with Gasteiger partial charge in [-0.1, -0.05) is 30.3 Å². The molecule has 1 aliphatic heterocycles. The third kappa shape index (κ3) is 3.78. The van der Waals surface area contributed by atoms with Crippen LogP contribution in [0.4, 0.5) is 0 Å². The molecule has 1 aromatic rings. The Kier molecular flexibility index (Phi) is 4.55. The number of piperidine rings is 1. The molecule has 0 spiro atoms. The number of hydrogen-bond acceptors (Lipinski definition) is 3. The van der Waals surface area contributed by atoms with E-state index in [2.05, 4.69) is 5.32 Å². The van der Waals surface area contributed by atoms with Crippen LogP contribution in [0.15, 0.2) is 30.3 Å². The van der Waals surface area contributed by atoms with Gasteiger partial charge < -0.3 is 5.32 Å². The van der Waals surface area contributed by atoms with Crippen molar-refractivity contribution in [3.63, 3.8) is 0 Å². The summed E-state index contributed by atoms with van der Waals surface area (Å²) in [5, 5.41) is 2.70. The number of rotatable bonds is 5. The summed E-state index contributed by atoms with van der Waals surface area (Å²) in [5.41, 5.74) is 0.802. The predicted molar refractivity (Wildman–Crippen MR) is 72.9 cm³/mol. The number of carbonyl (C=O) groups excluding carboxylic acids is 1. The number of carbonyl (C=O) groups is 1. The molecule has 1 N–H and O–H groups in total. The molecule has 0 aromatic heterocycles. The van der Waals surface area contributed by atoms with Crippen LogP contribution in [0.2, 0.25) is 0 Å². The minimum absolute atomic E-state index is 0.0413. The molecular weight excluding hydrogens is 264 g/mol. The first-order valence-electron chi connectivity index (χ1n) is 6.33. The van der Waals surface area contributed by atoms with Gasteiger partial charge in [0.15, 0.2) is 0 Å². The molecule has 104 valence electrons. The van der Waals surface area contributed by atoms with Crippen LogP contribution in [0.25, 0.3) is 0 Å². The summed E-state index contributed by atoms with van der Waals surface area (Å²) in [5.74, 6) is 0.0413. The predicted octanol–water partition coefficient (Wildman–Crippen LogP) is 0.727. The molecule has 0 radical (unpaired) electrons. The quantitative estimate of drug-likeness (QED) is 0.810. The van der Waals surface area contributed by atoms with Crippen molar-refractivity contribution in [1.29, 1.82) is 0 Å². The lowest BCUT2D eigenvalue weighted by Gasteiger charge is -2.30. The molecular formula is C13H18N2O3S. The van der Waals surface area contributed by atoms with E-state index in [-0.39, 0.29) is 11.8 Å². The Labute approximate surface area is 113 Å². The second kappa shape index (κ2) is 6.16. The van der Waals surface area contributed by atoms with Gasteiger partial charge in [0.2, 0.25) is 16.4 Å². The van der Waals surface area contributed by atoms with Crippen molar-refractivity contribution in [1.82, 2.24) is 9.62 Å². The van der Waals surface area contributed by atoms with Crippen LogP contribution in [0.1, 0.15) is 18.4 Å². The molecule has 19 heavy (non-hydrogen) atoms. The molecule has 0 atom stereocenters. The van der Waals surface area contributed by atoms with Gasteiger partial charge in [0.25, 0.3) is 0 Å². The topological polar surface area (TPSA) is 66.5 Å². The van der Waals surface area contributed by atoms with Gasteiger partial charge in [0, 0.05) is 19.1 Å². The Morgan fingerprint density at radius 1 is 1.21 bits per heavy atom. The van der Waals surface area contributed by atoms with E-state index in [1.807, 2.05) is 30.3 Å². The Morgan fingerprint density at radius 2 is 1.84 bits per heavy atom. The van der Waals surface area contributed by atoms with E-state index in [9.17, 15) is 13.2 Å². The van der Waals surface area contributed by atoms with Crippen LogP contribution in [0.3, 0.4) is 0 Å². The van der Waals surface area contributed by atoms with Gasteiger partial charge in [-0.2, -0.15) is 0 Å². The first-order chi connectivity index (χ1) is 9.12. The molecule has 1 heterocycles. The third-order valence-electron chi connectivity index (χ3n) is 3.34. The van der Waals surface area contributed by atoms with E-state index in [4.69, 9.17) is 0 Å². The van der Waals surface area contributed by atoms with E-state index >= 15 is 0 Å². The maximum Gasteiger partial charge on any atom is 0.218 e. The van der Waals surface area contributed by atoms with Crippen molar-refractivity contribution < 1.29 is 13.2 Å². The highest BCUT2D eigenvalue weighted by molar-refractivity contribution is 7.88. The largest absolute Gasteiger partial charge is 0.356 e. The van der Waals surface area contributed by atoms with Gasteiger partial charge >= 0.3 is 0 Å². The van der Waals surface area contributed by atoms with E-state index in [1.54, 1.807) is 0 Å². The molecule has 1 aromatic carbocycles. The van der Waals surface area contributed by atoms with Crippen molar-refractivity contribution in [3.8, 4) is 0 Å². The number of nitrogens with one attached hydrogen (secondary N) is 1. The first-order valence-corrected chi connectivity index (χ1v) is 7.94. The molecule has 0 aliphatic carbocycles. The second-order valence-corrected chi connectivity index (χ2v) is 6.67. The average molecular weight is 282 g/mol. The molecule has 5 nitrogen and oxygen atoms in total.